The smallest absolute Gasteiger partial charge is 0.213 e. The van der Waals surface area contributed by atoms with E-state index in [9.17, 15) is 4.79 Å². The molecule has 0 saturated heterocycles. The Labute approximate surface area is 127 Å². The van der Waals surface area contributed by atoms with Crippen LogP contribution in [-0.2, 0) is 0 Å². The van der Waals surface area contributed by atoms with E-state index < -0.39 is 6.61 Å². The highest BCUT2D eigenvalue weighted by atomic mass is 32.1. The third-order valence-corrected chi connectivity index (χ3v) is 3.88. The minimum Gasteiger partial charge on any atom is -0.477 e. The number of ketones is 1. The summed E-state index contributed by atoms with van der Waals surface area (Å²) in [7, 11) is 0. The van der Waals surface area contributed by atoms with Crippen molar-refractivity contribution < 1.29 is 14.6 Å². The van der Waals surface area contributed by atoms with Crippen molar-refractivity contribution in [2.24, 2.45) is 5.92 Å². The first kappa shape index (κ1) is 15.5. The summed E-state index contributed by atoms with van der Waals surface area (Å²) >= 11 is 1.23. The molecule has 2 heterocycles. The van der Waals surface area contributed by atoms with Crippen molar-refractivity contribution in [2.75, 3.05) is 18.9 Å². The lowest BCUT2D eigenvalue weighted by molar-refractivity contribution is 0.0908. The van der Waals surface area contributed by atoms with Crippen LogP contribution >= 0.6 is 11.3 Å². The highest BCUT2D eigenvalue weighted by Crippen LogP contribution is 2.34. The molecule has 2 aromatic heterocycles. The van der Waals surface area contributed by atoms with Gasteiger partial charge in [-0.1, -0.05) is 13.8 Å². The van der Waals surface area contributed by atoms with Gasteiger partial charge in [-0.15, -0.1) is 11.3 Å². The van der Waals surface area contributed by atoms with Crippen LogP contribution in [0, 0.1) is 5.92 Å². The van der Waals surface area contributed by atoms with Crippen molar-refractivity contribution >= 4 is 22.8 Å². The van der Waals surface area contributed by atoms with Crippen LogP contribution in [0.2, 0.25) is 0 Å². The minimum atomic E-state index is -0.537. The quantitative estimate of drug-likeness (QED) is 0.801. The Kier molecular flexibility index (Phi) is 4.93. The summed E-state index contributed by atoms with van der Waals surface area (Å²) in [5.74, 6) is 0.632. The lowest BCUT2D eigenvalue weighted by Gasteiger charge is -2.08. The average molecular weight is 306 g/mol. The number of aliphatic hydroxyl groups is 1. The molecule has 0 spiro atoms. The molecule has 0 aliphatic carbocycles. The normalized spacial score (nSPS) is 10.9. The van der Waals surface area contributed by atoms with Gasteiger partial charge in [-0.05, 0) is 12.0 Å². The number of thiophene rings is 1. The van der Waals surface area contributed by atoms with E-state index in [0.717, 1.165) is 11.1 Å². The van der Waals surface area contributed by atoms with E-state index in [4.69, 9.17) is 15.6 Å². The molecule has 0 atom stereocenters. The van der Waals surface area contributed by atoms with E-state index in [1.165, 1.54) is 11.3 Å². The Balaban J connectivity index is 2.19. The topological polar surface area (TPSA) is 85.4 Å². The third-order valence-electron chi connectivity index (χ3n) is 2.84. The zero-order valence-electron chi connectivity index (χ0n) is 12.0. The fourth-order valence-corrected chi connectivity index (χ4v) is 2.69. The summed E-state index contributed by atoms with van der Waals surface area (Å²) in [6, 6.07) is 3.64. The number of rotatable bonds is 6. The molecule has 112 valence electrons. The van der Waals surface area contributed by atoms with E-state index in [0.29, 0.717) is 29.0 Å². The van der Waals surface area contributed by atoms with Gasteiger partial charge in [0.05, 0.1) is 17.2 Å². The number of anilines is 1. The Morgan fingerprint density at radius 3 is 2.81 bits per heavy atom. The van der Waals surface area contributed by atoms with Gasteiger partial charge in [0.25, 0.3) is 0 Å². The molecule has 0 aliphatic heterocycles. The van der Waals surface area contributed by atoms with E-state index in [-0.39, 0.29) is 5.78 Å². The van der Waals surface area contributed by atoms with E-state index in [2.05, 4.69) is 18.8 Å². The van der Waals surface area contributed by atoms with Gasteiger partial charge in [-0.2, -0.15) is 0 Å². The number of aromatic nitrogens is 1. The molecule has 21 heavy (non-hydrogen) atoms. The standard InChI is InChI=1S/C15H18N2O3S/c1-9(2)7-20-13-4-3-10(5-17-13)11-8-21-15(14(11)16)12(19)6-18/h3-5,8-9,18H,6-7,16H2,1-2H3. The second-order valence-corrected chi connectivity index (χ2v) is 5.94. The number of hydrogen-bond acceptors (Lipinski definition) is 6. The lowest BCUT2D eigenvalue weighted by atomic mass is 10.1. The van der Waals surface area contributed by atoms with Gasteiger partial charge in [0.1, 0.15) is 6.61 Å². The summed E-state index contributed by atoms with van der Waals surface area (Å²) in [5, 5.41) is 10.7. The summed E-state index contributed by atoms with van der Waals surface area (Å²) < 4.78 is 5.52. The molecular formula is C15H18N2O3S. The Bertz CT molecular complexity index is 620. The largest absolute Gasteiger partial charge is 0.477 e. The van der Waals surface area contributed by atoms with E-state index in [1.54, 1.807) is 17.6 Å². The molecule has 2 rings (SSSR count). The van der Waals surface area contributed by atoms with Crippen LogP contribution in [0.25, 0.3) is 11.1 Å². The number of nitrogens with zero attached hydrogens (tertiary/aromatic N) is 1. The molecule has 0 fully saturated rings. The van der Waals surface area contributed by atoms with Crippen LogP contribution in [-0.4, -0.2) is 29.1 Å². The summed E-state index contributed by atoms with van der Waals surface area (Å²) in [6.45, 7) is 4.21. The van der Waals surface area contributed by atoms with Gasteiger partial charge in [-0.3, -0.25) is 4.79 Å². The maximum Gasteiger partial charge on any atom is 0.213 e. The lowest BCUT2D eigenvalue weighted by Crippen LogP contribution is -2.05. The van der Waals surface area contributed by atoms with Gasteiger partial charge >= 0.3 is 0 Å². The summed E-state index contributed by atoms with van der Waals surface area (Å²) in [4.78, 5) is 16.1. The SMILES string of the molecule is CC(C)COc1ccc(-c2csc(C(=O)CO)c2N)cn1. The highest BCUT2D eigenvalue weighted by Gasteiger charge is 2.16. The van der Waals surface area contributed by atoms with Crippen molar-refractivity contribution in [1.82, 2.24) is 4.98 Å². The first-order chi connectivity index (χ1) is 10.0. The number of Topliss-reactive ketones (excluding diaryl/α,β-unsaturated/α-hetero) is 1. The summed E-state index contributed by atoms with van der Waals surface area (Å²) in [5.41, 5.74) is 7.92. The van der Waals surface area contributed by atoms with Crippen LogP contribution in [0.15, 0.2) is 23.7 Å². The predicted molar refractivity (Wildman–Crippen MR) is 83.7 cm³/mol. The van der Waals surface area contributed by atoms with Gasteiger partial charge in [0, 0.05) is 28.8 Å². The van der Waals surface area contributed by atoms with Crippen LogP contribution in [0.5, 0.6) is 5.88 Å². The molecular weight excluding hydrogens is 288 g/mol. The van der Waals surface area contributed by atoms with Gasteiger partial charge in [0.15, 0.2) is 5.78 Å². The maximum atomic E-state index is 11.5. The molecule has 0 amide bonds. The van der Waals surface area contributed by atoms with E-state index >= 15 is 0 Å². The molecule has 0 aliphatic rings. The minimum absolute atomic E-state index is 0.367. The zero-order chi connectivity index (χ0) is 15.4. The molecule has 3 N–H and O–H groups in total. The first-order valence-corrected chi connectivity index (χ1v) is 7.51. The molecule has 0 saturated carbocycles. The Hall–Kier alpha value is -1.92. The molecule has 2 aromatic rings. The van der Waals surface area contributed by atoms with Gasteiger partial charge in [0.2, 0.25) is 5.88 Å². The average Bonchev–Trinajstić information content (AvgIpc) is 2.86. The van der Waals surface area contributed by atoms with Crippen molar-refractivity contribution in [3.63, 3.8) is 0 Å². The van der Waals surface area contributed by atoms with Gasteiger partial charge in [-0.25, -0.2) is 4.98 Å². The second kappa shape index (κ2) is 6.69. The number of carbonyl (C=O) groups excluding carboxylic acids is 1. The highest BCUT2D eigenvalue weighted by molar-refractivity contribution is 7.13. The first-order valence-electron chi connectivity index (χ1n) is 6.63. The monoisotopic (exact) mass is 306 g/mol. The number of carbonyl (C=O) groups is 1. The van der Waals surface area contributed by atoms with Crippen LogP contribution in [0.1, 0.15) is 23.5 Å². The third kappa shape index (κ3) is 3.59. The zero-order valence-corrected chi connectivity index (χ0v) is 12.8. The number of hydrogen-bond donors (Lipinski definition) is 2. The number of aliphatic hydroxyl groups excluding tert-OH is 1. The fraction of sp³-hybridized carbons (Fsp3) is 0.333. The number of pyridine rings is 1. The van der Waals surface area contributed by atoms with Crippen molar-refractivity contribution in [3.8, 4) is 17.0 Å². The number of nitrogens with two attached hydrogens (primary N) is 1. The molecule has 0 bridgehead atoms. The van der Waals surface area contributed by atoms with Gasteiger partial charge < -0.3 is 15.6 Å². The molecule has 6 heteroatoms. The predicted octanol–water partition coefficient (Wildman–Crippen LogP) is 2.60. The second-order valence-electron chi connectivity index (χ2n) is 5.06. The fourth-order valence-electron chi connectivity index (χ4n) is 1.76. The Morgan fingerprint density at radius 1 is 1.48 bits per heavy atom. The van der Waals surface area contributed by atoms with Crippen molar-refractivity contribution in [3.05, 3.63) is 28.6 Å². The number of nitrogen functional groups attached to an aromatic ring is 1. The summed E-state index contributed by atoms with van der Waals surface area (Å²) in [6.07, 6.45) is 1.67. The van der Waals surface area contributed by atoms with Crippen molar-refractivity contribution in [1.29, 1.82) is 0 Å². The molecule has 0 unspecified atom stereocenters. The maximum absolute atomic E-state index is 11.5. The van der Waals surface area contributed by atoms with Crippen LogP contribution in [0.3, 0.4) is 0 Å². The number of ether oxygens (including phenoxy) is 1. The molecule has 0 radical (unpaired) electrons. The van der Waals surface area contributed by atoms with E-state index in [1.807, 2.05) is 6.07 Å². The Morgan fingerprint density at radius 2 is 2.24 bits per heavy atom. The molecule has 5 nitrogen and oxygen atoms in total. The molecule has 0 aromatic carbocycles. The van der Waals surface area contributed by atoms with Crippen LogP contribution < -0.4 is 10.5 Å². The van der Waals surface area contributed by atoms with Crippen LogP contribution in [0.4, 0.5) is 5.69 Å². The van der Waals surface area contributed by atoms with Crippen molar-refractivity contribution in [2.45, 2.75) is 13.8 Å².